The zero-order chi connectivity index (χ0) is 13.8. The monoisotopic (exact) mass is 267 g/mol. The predicted molar refractivity (Wildman–Crippen MR) is 69.5 cm³/mol. The van der Waals surface area contributed by atoms with Gasteiger partial charge in [-0.3, -0.25) is 10.1 Å². The molecule has 1 aromatic rings. The van der Waals surface area contributed by atoms with Crippen molar-refractivity contribution in [1.29, 1.82) is 0 Å². The summed E-state index contributed by atoms with van der Waals surface area (Å²) in [6.45, 7) is 0.697. The topological polar surface area (TPSA) is 127 Å². The first-order valence-corrected chi connectivity index (χ1v) is 6.23. The summed E-state index contributed by atoms with van der Waals surface area (Å²) in [6, 6.07) is 0. The van der Waals surface area contributed by atoms with Gasteiger partial charge in [0.25, 0.3) is 0 Å². The molecule has 1 fully saturated rings. The summed E-state index contributed by atoms with van der Waals surface area (Å²) in [5.74, 6) is 0.700. The van der Waals surface area contributed by atoms with Crippen LogP contribution >= 0.6 is 0 Å². The number of nitrogens with two attached hydrogens (primary N) is 1. The maximum Gasteiger partial charge on any atom is 0.329 e. The molecule has 19 heavy (non-hydrogen) atoms. The van der Waals surface area contributed by atoms with Crippen LogP contribution in [-0.4, -0.2) is 33.1 Å². The number of nitrogens with one attached hydrogen (secondary N) is 1. The van der Waals surface area contributed by atoms with E-state index in [2.05, 4.69) is 15.3 Å². The molecule has 0 radical (unpaired) electrons. The number of rotatable bonds is 5. The third-order valence-electron chi connectivity index (χ3n) is 3.57. The number of aromatic nitrogens is 2. The Morgan fingerprint density at radius 3 is 2.95 bits per heavy atom. The number of anilines is 2. The molecule has 104 valence electrons. The molecule has 1 saturated carbocycles. The summed E-state index contributed by atoms with van der Waals surface area (Å²) in [5, 5.41) is 23.1. The van der Waals surface area contributed by atoms with Crippen molar-refractivity contribution in [2.75, 3.05) is 24.2 Å². The van der Waals surface area contributed by atoms with Gasteiger partial charge in [-0.15, -0.1) is 0 Å². The molecule has 1 heterocycles. The van der Waals surface area contributed by atoms with Crippen LogP contribution < -0.4 is 11.1 Å². The second-order valence-electron chi connectivity index (χ2n) is 4.73. The van der Waals surface area contributed by atoms with Gasteiger partial charge in [-0.2, -0.15) is 4.98 Å². The average Bonchev–Trinajstić information content (AvgIpc) is 2.83. The molecule has 1 aromatic heterocycles. The van der Waals surface area contributed by atoms with Crippen molar-refractivity contribution < 1.29 is 10.0 Å². The van der Waals surface area contributed by atoms with Gasteiger partial charge >= 0.3 is 5.69 Å². The Balaban J connectivity index is 2.06. The lowest BCUT2D eigenvalue weighted by Gasteiger charge is -2.17. The minimum Gasteiger partial charge on any atom is -0.396 e. The minimum atomic E-state index is -0.542. The van der Waals surface area contributed by atoms with Crippen molar-refractivity contribution in [3.63, 3.8) is 0 Å². The summed E-state index contributed by atoms with van der Waals surface area (Å²) in [7, 11) is 0. The molecule has 4 N–H and O–H groups in total. The van der Waals surface area contributed by atoms with Gasteiger partial charge in [0.1, 0.15) is 6.20 Å². The van der Waals surface area contributed by atoms with Crippen LogP contribution in [-0.2, 0) is 0 Å². The van der Waals surface area contributed by atoms with Crippen LogP contribution in [0.15, 0.2) is 6.20 Å². The molecule has 2 unspecified atom stereocenters. The Hall–Kier alpha value is -1.96. The van der Waals surface area contributed by atoms with E-state index in [9.17, 15) is 15.2 Å². The fraction of sp³-hybridized carbons (Fsp3) is 0.636. The van der Waals surface area contributed by atoms with E-state index in [1.807, 2.05) is 0 Å². The Kier molecular flexibility index (Phi) is 4.10. The number of nitro groups is 1. The van der Waals surface area contributed by atoms with E-state index < -0.39 is 4.92 Å². The van der Waals surface area contributed by atoms with Gasteiger partial charge in [0.2, 0.25) is 11.8 Å². The van der Waals surface area contributed by atoms with E-state index in [0.717, 1.165) is 25.5 Å². The van der Waals surface area contributed by atoms with Crippen molar-refractivity contribution in [3.05, 3.63) is 16.3 Å². The fourth-order valence-electron chi connectivity index (χ4n) is 2.50. The maximum atomic E-state index is 10.9. The second kappa shape index (κ2) is 5.79. The van der Waals surface area contributed by atoms with Crippen LogP contribution in [0.2, 0.25) is 0 Å². The first-order valence-electron chi connectivity index (χ1n) is 6.23. The second-order valence-corrected chi connectivity index (χ2v) is 4.73. The predicted octanol–water partition coefficient (Wildman–Crippen LogP) is 0.787. The van der Waals surface area contributed by atoms with Gasteiger partial charge in [-0.05, 0) is 24.7 Å². The van der Waals surface area contributed by atoms with Crippen LogP contribution in [0.25, 0.3) is 0 Å². The van der Waals surface area contributed by atoms with Crippen molar-refractivity contribution >= 4 is 17.5 Å². The van der Waals surface area contributed by atoms with Crippen LogP contribution in [0.3, 0.4) is 0 Å². The Labute approximate surface area is 110 Å². The van der Waals surface area contributed by atoms with Crippen LogP contribution in [0, 0.1) is 22.0 Å². The van der Waals surface area contributed by atoms with E-state index >= 15 is 0 Å². The Bertz CT molecular complexity index is 468. The lowest BCUT2D eigenvalue weighted by molar-refractivity contribution is -0.384. The number of nitrogens with zero attached hydrogens (tertiary/aromatic N) is 3. The molecule has 8 nitrogen and oxygen atoms in total. The van der Waals surface area contributed by atoms with Crippen molar-refractivity contribution in [3.8, 4) is 0 Å². The molecule has 0 aromatic carbocycles. The average molecular weight is 267 g/mol. The molecule has 0 spiro atoms. The van der Waals surface area contributed by atoms with Gasteiger partial charge in [-0.1, -0.05) is 6.42 Å². The molecule has 0 bridgehead atoms. The third-order valence-corrected chi connectivity index (χ3v) is 3.57. The van der Waals surface area contributed by atoms with E-state index in [1.54, 1.807) is 0 Å². The Morgan fingerprint density at radius 2 is 2.26 bits per heavy atom. The van der Waals surface area contributed by atoms with Crippen molar-refractivity contribution in [1.82, 2.24) is 9.97 Å². The SMILES string of the molecule is Nc1ncc([N+](=O)[O-])c(NCC2CCCC2CO)n1. The lowest BCUT2D eigenvalue weighted by Crippen LogP contribution is -2.21. The zero-order valence-electron chi connectivity index (χ0n) is 10.5. The highest BCUT2D eigenvalue weighted by molar-refractivity contribution is 5.56. The summed E-state index contributed by atoms with van der Waals surface area (Å²) >= 11 is 0. The largest absolute Gasteiger partial charge is 0.396 e. The summed E-state index contributed by atoms with van der Waals surface area (Å²) < 4.78 is 0. The van der Waals surface area contributed by atoms with Gasteiger partial charge in [0, 0.05) is 13.2 Å². The van der Waals surface area contributed by atoms with Gasteiger partial charge < -0.3 is 16.2 Å². The van der Waals surface area contributed by atoms with Gasteiger partial charge in [0.05, 0.1) is 4.92 Å². The third kappa shape index (κ3) is 3.08. The molecule has 0 amide bonds. The highest BCUT2D eigenvalue weighted by Gasteiger charge is 2.27. The molecule has 1 aliphatic carbocycles. The van der Waals surface area contributed by atoms with Crippen molar-refractivity contribution in [2.24, 2.45) is 11.8 Å². The van der Waals surface area contributed by atoms with Gasteiger partial charge in [-0.25, -0.2) is 4.98 Å². The molecule has 1 aliphatic rings. The summed E-state index contributed by atoms with van der Waals surface area (Å²) in [4.78, 5) is 17.8. The quantitative estimate of drug-likeness (QED) is 0.531. The van der Waals surface area contributed by atoms with E-state index in [1.165, 1.54) is 0 Å². The summed E-state index contributed by atoms with van der Waals surface area (Å²) in [6.07, 6.45) is 4.18. The standard InChI is InChI=1S/C11H17N5O3/c12-11-14-5-9(16(18)19)10(15-11)13-4-7-2-1-3-8(7)6-17/h5,7-8,17H,1-4,6H2,(H3,12,13,14,15). The van der Waals surface area contributed by atoms with E-state index in [4.69, 9.17) is 5.73 Å². The highest BCUT2D eigenvalue weighted by Crippen LogP contribution is 2.32. The van der Waals surface area contributed by atoms with Crippen LogP contribution in [0.1, 0.15) is 19.3 Å². The Morgan fingerprint density at radius 1 is 1.53 bits per heavy atom. The van der Waals surface area contributed by atoms with Gasteiger partial charge in [0.15, 0.2) is 0 Å². The lowest BCUT2D eigenvalue weighted by atomic mass is 9.97. The molecule has 2 rings (SSSR count). The normalized spacial score (nSPS) is 22.4. The summed E-state index contributed by atoms with van der Waals surface area (Å²) in [5.41, 5.74) is 5.25. The number of hydrogen-bond acceptors (Lipinski definition) is 7. The number of nitrogen functional groups attached to an aromatic ring is 1. The molecule has 0 saturated heterocycles. The smallest absolute Gasteiger partial charge is 0.329 e. The molecule has 8 heteroatoms. The van der Waals surface area contributed by atoms with E-state index in [-0.39, 0.29) is 30.0 Å². The maximum absolute atomic E-state index is 10.9. The first kappa shape index (κ1) is 13.5. The molecular formula is C11H17N5O3. The zero-order valence-corrected chi connectivity index (χ0v) is 10.5. The number of aliphatic hydroxyl groups excluding tert-OH is 1. The van der Waals surface area contributed by atoms with Crippen LogP contribution in [0.5, 0.6) is 0 Å². The number of hydrogen-bond donors (Lipinski definition) is 3. The van der Waals surface area contributed by atoms with Crippen LogP contribution in [0.4, 0.5) is 17.5 Å². The molecule has 0 aliphatic heterocycles. The minimum absolute atomic E-state index is 0.00164. The number of aliphatic hydroxyl groups is 1. The van der Waals surface area contributed by atoms with E-state index in [0.29, 0.717) is 12.5 Å². The van der Waals surface area contributed by atoms with Crippen molar-refractivity contribution in [2.45, 2.75) is 19.3 Å². The molecular weight excluding hydrogens is 250 g/mol. The molecule has 2 atom stereocenters. The first-order chi connectivity index (χ1) is 9.11. The highest BCUT2D eigenvalue weighted by atomic mass is 16.6. The fourth-order valence-corrected chi connectivity index (χ4v) is 2.50.